The molecule has 0 unspecified atom stereocenters. The number of carbonyl (C=O) groups is 2. The van der Waals surface area contributed by atoms with Crippen molar-refractivity contribution in [3.05, 3.63) is 53.7 Å². The molecule has 189 valence electrons. The number of aromatic nitrogens is 1. The normalized spacial score (nSPS) is 11.3. The van der Waals surface area contributed by atoms with Gasteiger partial charge in [-0.15, -0.1) is 17.7 Å². The maximum Gasteiger partial charge on any atom is 0.143 e. The molecule has 2 aromatic carbocycles. The van der Waals surface area contributed by atoms with Crippen molar-refractivity contribution >= 4 is 22.3 Å². The zero-order valence-electron chi connectivity index (χ0n) is 21.7. The maximum absolute atomic E-state index is 11.7. The number of pyridine rings is 1. The summed E-state index contributed by atoms with van der Waals surface area (Å²) >= 11 is 0. The van der Waals surface area contributed by atoms with E-state index >= 15 is 0 Å². The first-order valence-electron chi connectivity index (χ1n) is 12.5. The zero-order valence-corrected chi connectivity index (χ0v) is 24.1. The van der Waals surface area contributed by atoms with E-state index in [2.05, 4.69) is 30.1 Å². The number of fused-ring (bicyclic) bond motifs is 2. The Morgan fingerprint density at radius 2 is 1.54 bits per heavy atom. The molecule has 0 N–H and O–H groups in total. The van der Waals surface area contributed by atoms with E-state index in [9.17, 15) is 9.59 Å². The fourth-order valence-corrected chi connectivity index (χ4v) is 4.71. The molecule has 5 heteroatoms. The van der Waals surface area contributed by atoms with Crippen molar-refractivity contribution in [2.24, 2.45) is 11.8 Å². The third-order valence-corrected chi connectivity index (χ3v) is 6.77. The van der Waals surface area contributed by atoms with E-state index in [4.69, 9.17) is 4.74 Å². The van der Waals surface area contributed by atoms with Crippen LogP contribution in [0.5, 0.6) is 11.5 Å². The second kappa shape index (κ2) is 13.1. The summed E-state index contributed by atoms with van der Waals surface area (Å²) in [5.74, 6) is 2.21. The van der Waals surface area contributed by atoms with Crippen LogP contribution in [-0.4, -0.2) is 16.6 Å². The number of Topliss-reactive ketones (excluding diaryl/α,β-unsaturated/α-hetero) is 2. The van der Waals surface area contributed by atoms with Gasteiger partial charge in [-0.05, 0) is 43.2 Å². The summed E-state index contributed by atoms with van der Waals surface area (Å²) < 4.78 is 6.06. The summed E-state index contributed by atoms with van der Waals surface area (Å²) in [7, 11) is 0. The molecule has 0 bridgehead atoms. The van der Waals surface area contributed by atoms with Crippen molar-refractivity contribution < 1.29 is 34.4 Å². The van der Waals surface area contributed by atoms with Gasteiger partial charge in [0.15, 0.2) is 0 Å². The van der Waals surface area contributed by atoms with E-state index in [1.807, 2.05) is 59.0 Å². The van der Waals surface area contributed by atoms with E-state index in [0.717, 1.165) is 70.3 Å². The van der Waals surface area contributed by atoms with Crippen LogP contribution in [0.2, 0.25) is 0 Å². The second-order valence-electron chi connectivity index (χ2n) is 9.09. The predicted octanol–water partition coefficient (Wildman–Crippen LogP) is 7.81. The van der Waals surface area contributed by atoms with Gasteiger partial charge in [0, 0.05) is 55.0 Å². The van der Waals surface area contributed by atoms with Crippen molar-refractivity contribution in [2.75, 3.05) is 0 Å². The molecule has 1 aliphatic rings. The SMILES string of the molecule is CCC(CC)C(=O)CC(=O)C(CC)CC.Cc1[c-]c2c(c(C)c1)Oc1cccc3ccnc-2c13.[Ir]. The molecule has 0 saturated heterocycles. The minimum atomic E-state index is 0. The maximum atomic E-state index is 11.7. The number of ketones is 2. The Balaban J connectivity index is 0.000000249. The van der Waals surface area contributed by atoms with Gasteiger partial charge in [-0.2, -0.15) is 0 Å². The van der Waals surface area contributed by atoms with Gasteiger partial charge < -0.3 is 9.72 Å². The molecule has 1 radical (unpaired) electrons. The van der Waals surface area contributed by atoms with Gasteiger partial charge in [0.2, 0.25) is 0 Å². The molecular weight excluding hydrogens is 615 g/mol. The monoisotopic (exact) mass is 651 g/mol. The van der Waals surface area contributed by atoms with Crippen LogP contribution in [0.1, 0.15) is 70.9 Å². The minimum Gasteiger partial charge on any atom is -0.502 e. The molecule has 0 saturated carbocycles. The molecule has 4 nitrogen and oxygen atoms in total. The van der Waals surface area contributed by atoms with Gasteiger partial charge in [-0.1, -0.05) is 64.8 Å². The molecule has 2 heterocycles. The first kappa shape index (κ1) is 28.9. The summed E-state index contributed by atoms with van der Waals surface area (Å²) in [6.07, 6.45) is 5.41. The van der Waals surface area contributed by atoms with Crippen LogP contribution < -0.4 is 4.74 Å². The van der Waals surface area contributed by atoms with E-state index in [1.54, 1.807) is 0 Å². The van der Waals surface area contributed by atoms with E-state index < -0.39 is 0 Å². The first-order chi connectivity index (χ1) is 16.3. The van der Waals surface area contributed by atoms with E-state index in [1.165, 1.54) is 0 Å². The van der Waals surface area contributed by atoms with Gasteiger partial charge in [0.05, 0.1) is 6.42 Å². The number of nitrogens with zero attached hydrogens (tertiary/aromatic N) is 1. The van der Waals surface area contributed by atoms with Crippen LogP contribution in [-0.2, 0) is 29.7 Å². The van der Waals surface area contributed by atoms with Crippen LogP contribution >= 0.6 is 0 Å². The quantitative estimate of drug-likeness (QED) is 0.144. The second-order valence-corrected chi connectivity index (χ2v) is 9.09. The van der Waals surface area contributed by atoms with Gasteiger partial charge in [0.1, 0.15) is 17.3 Å². The van der Waals surface area contributed by atoms with E-state index in [0.29, 0.717) is 0 Å². The number of benzene rings is 2. The first-order valence-corrected chi connectivity index (χ1v) is 12.5. The Labute approximate surface area is 223 Å². The molecular formula is C30H36IrNO3-. The fraction of sp³-hybridized carbons (Fsp3) is 0.433. The molecule has 35 heavy (non-hydrogen) atoms. The summed E-state index contributed by atoms with van der Waals surface area (Å²) in [4.78, 5) is 28.0. The fourth-order valence-electron chi connectivity index (χ4n) is 4.71. The predicted molar refractivity (Wildman–Crippen MR) is 138 cm³/mol. The summed E-state index contributed by atoms with van der Waals surface area (Å²) in [5.41, 5.74) is 4.18. The number of rotatable bonds is 8. The Morgan fingerprint density at radius 1 is 0.943 bits per heavy atom. The standard InChI is InChI=1S/C17H12NO.C13H24O2.Ir/c1-10-8-11(2)17-13(9-10)16-15-12(6-7-18-16)4-3-5-14(15)19-17;1-5-10(6-2)12(14)9-13(15)11(7-3)8-4;/h3-8H,1-2H3;10-11H,5-9H2,1-4H3;/q-1;;. The average Bonchev–Trinajstić information content (AvgIpc) is 2.82. The molecule has 0 aliphatic carbocycles. The minimum absolute atomic E-state index is 0. The molecule has 0 atom stereocenters. The topological polar surface area (TPSA) is 56.3 Å². The van der Waals surface area contributed by atoms with Crippen LogP contribution in [0.25, 0.3) is 22.0 Å². The number of hydrogen-bond acceptors (Lipinski definition) is 4. The van der Waals surface area contributed by atoms with Crippen LogP contribution in [0.4, 0.5) is 0 Å². The molecule has 0 spiro atoms. The zero-order chi connectivity index (χ0) is 24.8. The molecule has 0 amide bonds. The van der Waals surface area contributed by atoms with Crippen molar-refractivity contribution in [1.29, 1.82) is 0 Å². The van der Waals surface area contributed by atoms with Crippen LogP contribution in [0.15, 0.2) is 36.5 Å². The van der Waals surface area contributed by atoms with Crippen LogP contribution in [0, 0.1) is 31.7 Å². The third-order valence-electron chi connectivity index (χ3n) is 6.77. The van der Waals surface area contributed by atoms with E-state index in [-0.39, 0.29) is 49.9 Å². The van der Waals surface area contributed by atoms with Gasteiger partial charge >= 0.3 is 0 Å². The summed E-state index contributed by atoms with van der Waals surface area (Å²) in [6, 6.07) is 13.6. The Morgan fingerprint density at radius 3 is 2.11 bits per heavy atom. The van der Waals surface area contributed by atoms with Crippen LogP contribution in [0.3, 0.4) is 0 Å². The number of hydrogen-bond donors (Lipinski definition) is 0. The molecule has 0 fully saturated rings. The molecule has 1 aromatic heterocycles. The van der Waals surface area contributed by atoms with Crippen molar-refractivity contribution in [1.82, 2.24) is 4.98 Å². The molecule has 1 aliphatic heterocycles. The summed E-state index contributed by atoms with van der Waals surface area (Å²) in [6.45, 7) is 12.1. The Kier molecular flexibility index (Phi) is 10.8. The smallest absolute Gasteiger partial charge is 0.143 e. The van der Waals surface area contributed by atoms with Gasteiger partial charge in [-0.25, -0.2) is 0 Å². The van der Waals surface area contributed by atoms with Gasteiger partial charge in [0.25, 0.3) is 0 Å². The van der Waals surface area contributed by atoms with Crippen molar-refractivity contribution in [3.63, 3.8) is 0 Å². The molecule has 4 rings (SSSR count). The number of ether oxygens (including phenoxy) is 1. The Bertz CT molecular complexity index is 1150. The Hall–Kier alpha value is -2.36. The van der Waals surface area contributed by atoms with Gasteiger partial charge in [-0.3, -0.25) is 9.59 Å². The average molecular weight is 651 g/mol. The van der Waals surface area contributed by atoms with Crippen molar-refractivity contribution in [2.45, 2.75) is 73.6 Å². The largest absolute Gasteiger partial charge is 0.502 e. The third kappa shape index (κ3) is 6.45. The molecule has 3 aromatic rings. The number of carbonyl (C=O) groups excluding carboxylic acids is 2. The van der Waals surface area contributed by atoms with Crippen molar-refractivity contribution in [3.8, 4) is 22.8 Å². The number of aryl methyl sites for hydroxylation is 2. The summed E-state index contributed by atoms with van der Waals surface area (Å²) in [5, 5.41) is 2.24.